The van der Waals surface area contributed by atoms with Crippen LogP contribution in [0.4, 0.5) is 5.69 Å². The van der Waals surface area contributed by atoms with Crippen LogP contribution in [0.2, 0.25) is 0 Å². The van der Waals surface area contributed by atoms with Gasteiger partial charge in [-0.15, -0.1) is 0 Å². The molecular weight excluding hydrogens is 304 g/mol. The van der Waals surface area contributed by atoms with Crippen LogP contribution >= 0.6 is 0 Å². The molecule has 0 aliphatic carbocycles. The SMILES string of the molecule is c1ccc(N2CCOCC2)c(CN2CCO[C@@H]([C@@H]3CCCO3)C2)c1. The van der Waals surface area contributed by atoms with E-state index in [1.54, 1.807) is 0 Å². The molecule has 0 spiro atoms. The summed E-state index contributed by atoms with van der Waals surface area (Å²) in [5.74, 6) is 0. The normalized spacial score (nSPS) is 29.1. The average Bonchev–Trinajstić information content (AvgIpc) is 3.18. The standard InChI is InChI=1S/C19H28N2O3/c1-2-5-17(21-8-11-22-12-9-21)16(4-1)14-20-7-13-24-19(15-20)18-6-3-10-23-18/h1-2,4-5,18-19H,3,6-15H2/t18-,19+/m0/s1. The lowest BCUT2D eigenvalue weighted by molar-refractivity contribution is -0.0959. The Hall–Kier alpha value is -1.14. The molecule has 3 fully saturated rings. The summed E-state index contributed by atoms with van der Waals surface area (Å²) in [6, 6.07) is 8.81. The van der Waals surface area contributed by atoms with Gasteiger partial charge in [-0.3, -0.25) is 4.90 Å². The number of benzene rings is 1. The van der Waals surface area contributed by atoms with Crippen molar-refractivity contribution in [2.45, 2.75) is 31.6 Å². The van der Waals surface area contributed by atoms with E-state index < -0.39 is 0 Å². The zero-order valence-corrected chi connectivity index (χ0v) is 14.4. The maximum absolute atomic E-state index is 5.98. The molecular formula is C19H28N2O3. The maximum atomic E-state index is 5.98. The highest BCUT2D eigenvalue weighted by Gasteiger charge is 2.31. The molecule has 0 radical (unpaired) electrons. The Labute approximate surface area is 144 Å². The van der Waals surface area contributed by atoms with E-state index in [2.05, 4.69) is 34.1 Å². The first-order valence-electron chi connectivity index (χ1n) is 9.26. The molecule has 3 heterocycles. The van der Waals surface area contributed by atoms with E-state index in [0.717, 1.165) is 65.6 Å². The fraction of sp³-hybridized carbons (Fsp3) is 0.684. The van der Waals surface area contributed by atoms with Crippen LogP contribution in [0, 0.1) is 0 Å². The molecule has 2 atom stereocenters. The van der Waals surface area contributed by atoms with Crippen LogP contribution < -0.4 is 4.90 Å². The van der Waals surface area contributed by atoms with Crippen molar-refractivity contribution in [1.29, 1.82) is 0 Å². The molecule has 3 saturated heterocycles. The van der Waals surface area contributed by atoms with E-state index in [1.807, 2.05) is 0 Å². The van der Waals surface area contributed by atoms with Gasteiger partial charge in [0, 0.05) is 45.0 Å². The maximum Gasteiger partial charge on any atom is 0.0963 e. The summed E-state index contributed by atoms with van der Waals surface area (Å²) in [4.78, 5) is 4.98. The van der Waals surface area contributed by atoms with Crippen LogP contribution in [0.15, 0.2) is 24.3 Å². The predicted molar refractivity (Wildman–Crippen MR) is 93.5 cm³/mol. The summed E-state index contributed by atoms with van der Waals surface area (Å²) in [7, 11) is 0. The molecule has 132 valence electrons. The van der Waals surface area contributed by atoms with E-state index in [1.165, 1.54) is 17.7 Å². The largest absolute Gasteiger partial charge is 0.378 e. The van der Waals surface area contributed by atoms with Crippen LogP contribution in [0.5, 0.6) is 0 Å². The number of morpholine rings is 2. The quantitative estimate of drug-likeness (QED) is 0.841. The molecule has 4 rings (SSSR count). The first-order valence-corrected chi connectivity index (χ1v) is 9.26. The lowest BCUT2D eigenvalue weighted by atomic mass is 10.1. The van der Waals surface area contributed by atoms with Crippen molar-refractivity contribution in [2.24, 2.45) is 0 Å². The molecule has 0 N–H and O–H groups in total. The van der Waals surface area contributed by atoms with Gasteiger partial charge < -0.3 is 19.1 Å². The summed E-state index contributed by atoms with van der Waals surface area (Å²) in [5.41, 5.74) is 2.77. The smallest absolute Gasteiger partial charge is 0.0963 e. The number of nitrogens with zero attached hydrogens (tertiary/aromatic N) is 2. The highest BCUT2D eigenvalue weighted by atomic mass is 16.5. The van der Waals surface area contributed by atoms with Gasteiger partial charge in [-0.05, 0) is 24.5 Å². The second-order valence-electron chi connectivity index (χ2n) is 6.92. The highest BCUT2D eigenvalue weighted by Crippen LogP contribution is 2.25. The van der Waals surface area contributed by atoms with Crippen molar-refractivity contribution in [3.63, 3.8) is 0 Å². The summed E-state index contributed by atoms with van der Waals surface area (Å²) >= 11 is 0. The molecule has 0 bridgehead atoms. The Morgan fingerprint density at radius 3 is 2.58 bits per heavy atom. The Balaban J connectivity index is 1.42. The van der Waals surface area contributed by atoms with Crippen LogP contribution in [0.25, 0.3) is 0 Å². The van der Waals surface area contributed by atoms with Crippen LogP contribution in [-0.2, 0) is 20.8 Å². The number of rotatable bonds is 4. The molecule has 0 aromatic heterocycles. The first-order chi connectivity index (χ1) is 11.9. The summed E-state index contributed by atoms with van der Waals surface area (Å²) < 4.78 is 17.3. The third-order valence-electron chi connectivity index (χ3n) is 5.29. The minimum atomic E-state index is 0.233. The van der Waals surface area contributed by atoms with E-state index in [4.69, 9.17) is 14.2 Å². The zero-order valence-electron chi connectivity index (χ0n) is 14.4. The Bertz CT molecular complexity index is 527. The van der Waals surface area contributed by atoms with E-state index >= 15 is 0 Å². The predicted octanol–water partition coefficient (Wildman–Crippen LogP) is 1.90. The van der Waals surface area contributed by atoms with Crippen LogP contribution in [0.3, 0.4) is 0 Å². The summed E-state index contributed by atoms with van der Waals surface area (Å²) in [6.07, 6.45) is 2.84. The highest BCUT2D eigenvalue weighted by molar-refractivity contribution is 5.53. The number of ether oxygens (including phenoxy) is 3. The van der Waals surface area contributed by atoms with Crippen molar-refractivity contribution in [3.05, 3.63) is 29.8 Å². The number of hydrogen-bond acceptors (Lipinski definition) is 5. The van der Waals surface area contributed by atoms with Crippen molar-refractivity contribution >= 4 is 5.69 Å². The van der Waals surface area contributed by atoms with Crippen LogP contribution in [0.1, 0.15) is 18.4 Å². The lowest BCUT2D eigenvalue weighted by Gasteiger charge is -2.36. The lowest BCUT2D eigenvalue weighted by Crippen LogP contribution is -2.47. The first kappa shape index (κ1) is 16.3. The number of anilines is 1. The van der Waals surface area contributed by atoms with Gasteiger partial charge in [0.1, 0.15) is 0 Å². The third-order valence-corrected chi connectivity index (χ3v) is 5.29. The summed E-state index contributed by atoms with van der Waals surface area (Å²) in [6.45, 7) is 8.29. The molecule has 5 heteroatoms. The van der Waals surface area contributed by atoms with Gasteiger partial charge in [0.05, 0.1) is 32.0 Å². The van der Waals surface area contributed by atoms with Gasteiger partial charge in [-0.2, -0.15) is 0 Å². The van der Waals surface area contributed by atoms with E-state index in [0.29, 0.717) is 6.10 Å². The van der Waals surface area contributed by atoms with Gasteiger partial charge in [0.15, 0.2) is 0 Å². The fourth-order valence-corrected chi connectivity index (χ4v) is 3.99. The fourth-order valence-electron chi connectivity index (χ4n) is 3.99. The minimum absolute atomic E-state index is 0.233. The molecule has 3 aliphatic rings. The monoisotopic (exact) mass is 332 g/mol. The minimum Gasteiger partial charge on any atom is -0.378 e. The van der Waals surface area contributed by atoms with Crippen molar-refractivity contribution < 1.29 is 14.2 Å². The molecule has 0 saturated carbocycles. The molecule has 5 nitrogen and oxygen atoms in total. The molecule has 1 aromatic rings. The van der Waals surface area contributed by atoms with Gasteiger partial charge >= 0.3 is 0 Å². The Kier molecular flexibility index (Phi) is 5.33. The van der Waals surface area contributed by atoms with Gasteiger partial charge in [-0.1, -0.05) is 18.2 Å². The molecule has 1 aromatic carbocycles. The van der Waals surface area contributed by atoms with Crippen molar-refractivity contribution in [2.75, 3.05) is 57.5 Å². The molecule has 0 amide bonds. The second-order valence-corrected chi connectivity index (χ2v) is 6.92. The Morgan fingerprint density at radius 1 is 0.917 bits per heavy atom. The molecule has 3 aliphatic heterocycles. The molecule has 0 unspecified atom stereocenters. The summed E-state index contributed by atoms with van der Waals surface area (Å²) in [5, 5.41) is 0. The van der Waals surface area contributed by atoms with Crippen molar-refractivity contribution in [1.82, 2.24) is 4.90 Å². The third kappa shape index (κ3) is 3.75. The van der Waals surface area contributed by atoms with Gasteiger partial charge in [-0.25, -0.2) is 0 Å². The number of hydrogen-bond donors (Lipinski definition) is 0. The molecule has 24 heavy (non-hydrogen) atoms. The van der Waals surface area contributed by atoms with Crippen LogP contribution in [-0.4, -0.2) is 69.7 Å². The number of para-hydroxylation sites is 1. The second kappa shape index (κ2) is 7.83. The Morgan fingerprint density at radius 2 is 1.75 bits per heavy atom. The van der Waals surface area contributed by atoms with Gasteiger partial charge in [0.2, 0.25) is 0 Å². The van der Waals surface area contributed by atoms with E-state index in [9.17, 15) is 0 Å². The zero-order chi connectivity index (χ0) is 16.2. The van der Waals surface area contributed by atoms with E-state index in [-0.39, 0.29) is 6.10 Å². The average molecular weight is 332 g/mol. The van der Waals surface area contributed by atoms with Crippen molar-refractivity contribution in [3.8, 4) is 0 Å². The topological polar surface area (TPSA) is 34.2 Å². The van der Waals surface area contributed by atoms with Gasteiger partial charge in [0.25, 0.3) is 0 Å².